The number of ether oxygens (including phenoxy) is 1. The lowest BCUT2D eigenvalue weighted by molar-refractivity contribution is -0.144. The summed E-state index contributed by atoms with van der Waals surface area (Å²) in [6.45, 7) is 10.7. The van der Waals surface area contributed by atoms with Crippen LogP contribution in [0.4, 0.5) is 0 Å². The highest BCUT2D eigenvalue weighted by Gasteiger charge is 2.05. The molecule has 0 saturated heterocycles. The van der Waals surface area contributed by atoms with Crippen LogP contribution in [0.15, 0.2) is 0 Å². The lowest BCUT2D eigenvalue weighted by Gasteiger charge is -2.20. The zero-order valence-electron chi connectivity index (χ0n) is 22.4. The number of carbonyl (C=O) groups excluding carboxylic acids is 1. The molecule has 0 spiro atoms. The second-order valence-corrected chi connectivity index (χ2v) is 9.77. The van der Waals surface area contributed by atoms with Crippen molar-refractivity contribution in [1.82, 2.24) is 4.90 Å². The van der Waals surface area contributed by atoms with Crippen LogP contribution in [0.3, 0.4) is 0 Å². The van der Waals surface area contributed by atoms with Crippen molar-refractivity contribution in [2.75, 3.05) is 26.2 Å². The van der Waals surface area contributed by atoms with Crippen molar-refractivity contribution in [2.45, 2.75) is 156 Å². The third-order valence-corrected chi connectivity index (χ3v) is 6.64. The normalized spacial score (nSPS) is 11.4. The van der Waals surface area contributed by atoms with Crippen LogP contribution < -0.4 is 0 Å². The van der Waals surface area contributed by atoms with Gasteiger partial charge in [-0.25, -0.2) is 0 Å². The highest BCUT2D eigenvalue weighted by atomic mass is 16.5. The summed E-state index contributed by atoms with van der Waals surface area (Å²) < 4.78 is 5.43. The summed E-state index contributed by atoms with van der Waals surface area (Å²) in [5.41, 5.74) is 0. The third kappa shape index (κ3) is 24.1. The van der Waals surface area contributed by atoms with Gasteiger partial charge in [0.15, 0.2) is 0 Å². The second-order valence-electron chi connectivity index (χ2n) is 9.77. The second kappa shape index (κ2) is 26.7. The quantitative estimate of drug-likeness (QED) is 0.0965. The highest BCUT2D eigenvalue weighted by Crippen LogP contribution is 2.12. The summed E-state index contributed by atoms with van der Waals surface area (Å²) in [6.07, 6.45) is 27.1. The van der Waals surface area contributed by atoms with E-state index in [2.05, 4.69) is 25.7 Å². The summed E-state index contributed by atoms with van der Waals surface area (Å²) in [5, 5.41) is 0. The molecule has 192 valence electrons. The van der Waals surface area contributed by atoms with Gasteiger partial charge in [0.1, 0.15) is 0 Å². The smallest absolute Gasteiger partial charge is 0.305 e. The molecule has 0 aliphatic carbocycles. The van der Waals surface area contributed by atoms with E-state index in [9.17, 15) is 4.79 Å². The first-order valence-electron chi connectivity index (χ1n) is 14.6. The Morgan fingerprint density at radius 3 is 1.41 bits per heavy atom. The van der Waals surface area contributed by atoms with Gasteiger partial charge in [-0.3, -0.25) is 4.79 Å². The Balaban J connectivity index is 3.41. The summed E-state index contributed by atoms with van der Waals surface area (Å²) in [5.74, 6) is 0.00238. The van der Waals surface area contributed by atoms with Crippen molar-refractivity contribution in [1.29, 1.82) is 0 Å². The minimum absolute atomic E-state index is 0.00238. The van der Waals surface area contributed by atoms with E-state index >= 15 is 0 Å². The van der Waals surface area contributed by atoms with Crippen LogP contribution in [-0.2, 0) is 9.53 Å². The monoisotopic (exact) mass is 453 g/mol. The fourth-order valence-electron chi connectivity index (χ4n) is 4.38. The molecule has 0 aromatic rings. The van der Waals surface area contributed by atoms with E-state index in [1.165, 1.54) is 122 Å². The minimum atomic E-state index is 0.00238. The van der Waals surface area contributed by atoms with Gasteiger partial charge in [0.25, 0.3) is 0 Å². The fraction of sp³-hybridized carbons (Fsp3) is 0.966. The van der Waals surface area contributed by atoms with Crippen LogP contribution >= 0.6 is 0 Å². The van der Waals surface area contributed by atoms with Crippen molar-refractivity contribution in [2.24, 2.45) is 0 Å². The molecule has 3 heteroatoms. The van der Waals surface area contributed by atoms with Gasteiger partial charge in [-0.15, -0.1) is 0 Å². The molecule has 0 fully saturated rings. The van der Waals surface area contributed by atoms with Gasteiger partial charge in [-0.2, -0.15) is 0 Å². The van der Waals surface area contributed by atoms with Crippen molar-refractivity contribution in [3.63, 3.8) is 0 Å². The van der Waals surface area contributed by atoms with E-state index in [-0.39, 0.29) is 5.97 Å². The average molecular weight is 454 g/mol. The molecule has 3 nitrogen and oxygen atoms in total. The van der Waals surface area contributed by atoms with Crippen LogP contribution in [0.5, 0.6) is 0 Å². The molecule has 0 aliphatic rings. The van der Waals surface area contributed by atoms with E-state index in [1.54, 1.807) is 0 Å². The maximum atomic E-state index is 11.9. The molecule has 0 atom stereocenters. The molecule has 0 heterocycles. The van der Waals surface area contributed by atoms with Crippen LogP contribution in [-0.4, -0.2) is 37.1 Å². The molecule has 0 radical (unpaired) electrons. The first-order valence-corrected chi connectivity index (χ1v) is 14.6. The molecule has 0 aromatic heterocycles. The number of rotatable bonds is 26. The molecular weight excluding hydrogens is 394 g/mol. The van der Waals surface area contributed by atoms with Gasteiger partial charge in [0.2, 0.25) is 0 Å². The SMILES string of the molecule is CCCCCCCCCCCCCCN(CC)CCCOC(=O)CCCCCCCCC. The molecule has 32 heavy (non-hydrogen) atoms. The number of esters is 1. The van der Waals surface area contributed by atoms with Crippen LogP contribution in [0, 0.1) is 0 Å². The lowest BCUT2D eigenvalue weighted by Crippen LogP contribution is -2.26. The Labute approximate surface area is 202 Å². The van der Waals surface area contributed by atoms with Crippen LogP contribution in [0.1, 0.15) is 156 Å². The van der Waals surface area contributed by atoms with Crippen LogP contribution in [0.2, 0.25) is 0 Å². The maximum Gasteiger partial charge on any atom is 0.305 e. The number of nitrogens with zero attached hydrogens (tertiary/aromatic N) is 1. The molecule has 0 rings (SSSR count). The zero-order valence-corrected chi connectivity index (χ0v) is 22.4. The Bertz CT molecular complexity index is 372. The van der Waals surface area contributed by atoms with Gasteiger partial charge in [-0.1, -0.05) is 130 Å². The van der Waals surface area contributed by atoms with Crippen LogP contribution in [0.25, 0.3) is 0 Å². The number of hydrogen-bond donors (Lipinski definition) is 0. The average Bonchev–Trinajstić information content (AvgIpc) is 2.80. The van der Waals surface area contributed by atoms with Gasteiger partial charge in [0.05, 0.1) is 6.61 Å². The Kier molecular flexibility index (Phi) is 26.2. The molecule has 0 aliphatic heterocycles. The van der Waals surface area contributed by atoms with Crippen molar-refractivity contribution >= 4 is 5.97 Å². The third-order valence-electron chi connectivity index (χ3n) is 6.64. The minimum Gasteiger partial charge on any atom is -0.466 e. The standard InChI is InChI=1S/C29H59NO2/c1-4-7-9-11-13-14-15-16-17-19-21-23-26-30(6-3)27-24-28-32-29(31)25-22-20-18-12-10-8-5-2/h4-28H2,1-3H3. The molecule has 0 bridgehead atoms. The summed E-state index contributed by atoms with van der Waals surface area (Å²) in [6, 6.07) is 0. The van der Waals surface area contributed by atoms with E-state index in [1.807, 2.05) is 0 Å². The maximum absolute atomic E-state index is 11.9. The predicted octanol–water partition coefficient (Wildman–Crippen LogP) is 9.08. The molecule has 0 amide bonds. The Morgan fingerprint density at radius 2 is 0.938 bits per heavy atom. The number of carbonyl (C=O) groups is 1. The molecule has 0 saturated carbocycles. The van der Waals surface area contributed by atoms with Crippen molar-refractivity contribution < 1.29 is 9.53 Å². The summed E-state index contributed by atoms with van der Waals surface area (Å²) in [7, 11) is 0. The van der Waals surface area contributed by atoms with Gasteiger partial charge in [-0.05, 0) is 32.4 Å². The largest absolute Gasteiger partial charge is 0.466 e. The Hall–Kier alpha value is -0.570. The first kappa shape index (κ1) is 31.4. The molecule has 0 N–H and O–H groups in total. The topological polar surface area (TPSA) is 29.5 Å². The van der Waals surface area contributed by atoms with Gasteiger partial charge in [0, 0.05) is 13.0 Å². The van der Waals surface area contributed by atoms with Crippen molar-refractivity contribution in [3.8, 4) is 0 Å². The predicted molar refractivity (Wildman–Crippen MR) is 141 cm³/mol. The van der Waals surface area contributed by atoms with E-state index in [4.69, 9.17) is 4.74 Å². The first-order chi connectivity index (χ1) is 15.7. The van der Waals surface area contributed by atoms with Crippen molar-refractivity contribution in [3.05, 3.63) is 0 Å². The summed E-state index contributed by atoms with van der Waals surface area (Å²) >= 11 is 0. The molecule has 0 aromatic carbocycles. The highest BCUT2D eigenvalue weighted by molar-refractivity contribution is 5.69. The number of hydrogen-bond acceptors (Lipinski definition) is 3. The van der Waals surface area contributed by atoms with E-state index < -0.39 is 0 Å². The summed E-state index contributed by atoms with van der Waals surface area (Å²) in [4.78, 5) is 14.4. The van der Waals surface area contributed by atoms with E-state index in [0.29, 0.717) is 13.0 Å². The Morgan fingerprint density at radius 1 is 0.531 bits per heavy atom. The van der Waals surface area contributed by atoms with E-state index in [0.717, 1.165) is 25.9 Å². The fourth-order valence-corrected chi connectivity index (χ4v) is 4.38. The molecular formula is C29H59NO2. The van der Waals surface area contributed by atoms with Gasteiger partial charge >= 0.3 is 5.97 Å². The zero-order chi connectivity index (χ0) is 23.5. The lowest BCUT2D eigenvalue weighted by atomic mass is 10.1. The number of unbranched alkanes of at least 4 members (excludes halogenated alkanes) is 17. The van der Waals surface area contributed by atoms with Gasteiger partial charge < -0.3 is 9.64 Å². The molecule has 0 unspecified atom stereocenters.